The second-order valence-electron chi connectivity index (χ2n) is 5.14. The number of fused-ring (bicyclic) bond motifs is 1. The highest BCUT2D eigenvalue weighted by Crippen LogP contribution is 2.38. The largest absolute Gasteiger partial charge is 0.496 e. The number of aryl methyl sites for hydroxylation is 1. The molecule has 0 aliphatic carbocycles. The van der Waals surface area contributed by atoms with Gasteiger partial charge in [0, 0.05) is 44.1 Å². The first kappa shape index (κ1) is 13.1. The normalized spacial score (nSPS) is 18.2. The quantitative estimate of drug-likeness (QED) is 0.915. The van der Waals surface area contributed by atoms with Crippen LogP contribution in [0.2, 0.25) is 0 Å². The van der Waals surface area contributed by atoms with Crippen molar-refractivity contribution in [2.24, 2.45) is 12.8 Å². The van der Waals surface area contributed by atoms with Gasteiger partial charge >= 0.3 is 0 Å². The number of hydrogen-bond acceptors (Lipinski definition) is 4. The van der Waals surface area contributed by atoms with Gasteiger partial charge in [0.15, 0.2) is 0 Å². The van der Waals surface area contributed by atoms with Crippen molar-refractivity contribution in [1.29, 1.82) is 0 Å². The van der Waals surface area contributed by atoms with Crippen LogP contribution in [0.15, 0.2) is 30.6 Å². The van der Waals surface area contributed by atoms with E-state index in [4.69, 9.17) is 10.5 Å². The maximum absolute atomic E-state index is 5.99. The van der Waals surface area contributed by atoms with Gasteiger partial charge in [-0.2, -0.15) is 0 Å². The predicted octanol–water partition coefficient (Wildman–Crippen LogP) is 1.44. The molecule has 0 radical (unpaired) electrons. The van der Waals surface area contributed by atoms with Gasteiger partial charge in [-0.1, -0.05) is 12.1 Å². The van der Waals surface area contributed by atoms with Crippen LogP contribution in [-0.4, -0.2) is 28.1 Å². The molecule has 0 fully saturated rings. The first-order chi connectivity index (χ1) is 9.74. The summed E-state index contributed by atoms with van der Waals surface area (Å²) in [6, 6.07) is 6.42. The van der Waals surface area contributed by atoms with Crippen molar-refractivity contribution in [2.75, 3.05) is 13.7 Å². The summed E-state index contributed by atoms with van der Waals surface area (Å²) < 4.78 is 7.52. The Labute approximate surface area is 119 Å². The molecule has 0 amide bonds. The van der Waals surface area contributed by atoms with Crippen molar-refractivity contribution in [3.05, 3.63) is 47.5 Å². The fourth-order valence-corrected chi connectivity index (χ4v) is 2.94. The maximum Gasteiger partial charge on any atom is 0.123 e. The van der Waals surface area contributed by atoms with E-state index >= 15 is 0 Å². The summed E-state index contributed by atoms with van der Waals surface area (Å²) in [5, 5.41) is 0. The second kappa shape index (κ2) is 5.26. The summed E-state index contributed by atoms with van der Waals surface area (Å²) >= 11 is 0. The molecule has 0 saturated heterocycles. The zero-order valence-electron chi connectivity index (χ0n) is 11.9. The minimum absolute atomic E-state index is 0.233. The van der Waals surface area contributed by atoms with Gasteiger partial charge in [-0.25, -0.2) is 4.98 Å². The van der Waals surface area contributed by atoms with Crippen LogP contribution in [0.1, 0.15) is 23.0 Å². The summed E-state index contributed by atoms with van der Waals surface area (Å²) in [5.41, 5.74) is 8.52. The Balaban J connectivity index is 1.90. The third-order valence-corrected chi connectivity index (χ3v) is 4.04. The monoisotopic (exact) mass is 272 g/mol. The van der Waals surface area contributed by atoms with Crippen molar-refractivity contribution in [1.82, 2.24) is 14.5 Å². The highest BCUT2D eigenvalue weighted by molar-refractivity contribution is 5.45. The Morgan fingerprint density at radius 3 is 2.95 bits per heavy atom. The Bertz CT molecular complexity index is 608. The van der Waals surface area contributed by atoms with Crippen molar-refractivity contribution < 1.29 is 4.74 Å². The van der Waals surface area contributed by atoms with Crippen LogP contribution in [0.5, 0.6) is 5.75 Å². The van der Waals surface area contributed by atoms with Crippen molar-refractivity contribution in [3.63, 3.8) is 0 Å². The molecule has 2 heterocycles. The van der Waals surface area contributed by atoms with E-state index < -0.39 is 0 Å². The SMILES string of the molecule is COc1cccc2c1CN(Cc1nccn1C)C2CN. The standard InChI is InChI=1S/C15H20N4O/c1-18-7-6-17-15(18)10-19-9-12-11(13(19)8-16)4-3-5-14(12)20-2/h3-7,13H,8-10,16H2,1-2H3. The first-order valence-electron chi connectivity index (χ1n) is 6.80. The van der Waals surface area contributed by atoms with E-state index in [1.165, 1.54) is 11.1 Å². The third-order valence-electron chi connectivity index (χ3n) is 4.04. The molecular weight excluding hydrogens is 252 g/mol. The lowest BCUT2D eigenvalue weighted by Crippen LogP contribution is -2.28. The van der Waals surface area contributed by atoms with Crippen LogP contribution in [-0.2, 0) is 20.1 Å². The minimum Gasteiger partial charge on any atom is -0.496 e. The molecule has 5 nitrogen and oxygen atoms in total. The molecule has 1 aromatic carbocycles. The predicted molar refractivity (Wildman–Crippen MR) is 77.2 cm³/mol. The van der Waals surface area contributed by atoms with Gasteiger partial charge in [0.05, 0.1) is 13.7 Å². The number of nitrogens with zero attached hydrogens (tertiary/aromatic N) is 3. The van der Waals surface area contributed by atoms with Gasteiger partial charge in [-0.3, -0.25) is 4.90 Å². The number of rotatable bonds is 4. The lowest BCUT2D eigenvalue weighted by atomic mass is 10.0. The van der Waals surface area contributed by atoms with Crippen LogP contribution in [0.3, 0.4) is 0 Å². The lowest BCUT2D eigenvalue weighted by molar-refractivity contribution is 0.202. The summed E-state index contributed by atoms with van der Waals surface area (Å²) in [5.74, 6) is 2.00. The second-order valence-corrected chi connectivity index (χ2v) is 5.14. The van der Waals surface area contributed by atoms with Crippen LogP contribution in [0.25, 0.3) is 0 Å². The number of nitrogens with two attached hydrogens (primary N) is 1. The molecule has 0 saturated carbocycles. The summed E-state index contributed by atoms with van der Waals surface area (Å²) in [6.07, 6.45) is 3.80. The van der Waals surface area contributed by atoms with Gasteiger partial charge in [-0.05, 0) is 11.6 Å². The number of ether oxygens (including phenoxy) is 1. The number of methoxy groups -OCH3 is 1. The average molecular weight is 272 g/mol. The molecule has 2 N–H and O–H groups in total. The number of aromatic nitrogens is 2. The fourth-order valence-electron chi connectivity index (χ4n) is 2.94. The summed E-state index contributed by atoms with van der Waals surface area (Å²) in [4.78, 5) is 6.76. The number of hydrogen-bond donors (Lipinski definition) is 1. The summed E-state index contributed by atoms with van der Waals surface area (Å²) in [6.45, 7) is 2.25. The van der Waals surface area contributed by atoms with Crippen molar-refractivity contribution in [3.8, 4) is 5.75 Å². The molecule has 3 rings (SSSR count). The molecule has 0 spiro atoms. The highest BCUT2D eigenvalue weighted by atomic mass is 16.5. The Morgan fingerprint density at radius 1 is 1.45 bits per heavy atom. The Kier molecular flexibility index (Phi) is 3.46. The molecule has 20 heavy (non-hydrogen) atoms. The molecule has 1 aromatic heterocycles. The molecular formula is C15H20N4O. The van der Waals surface area contributed by atoms with Gasteiger partial charge < -0.3 is 15.0 Å². The molecule has 0 bridgehead atoms. The molecule has 2 aromatic rings. The minimum atomic E-state index is 0.233. The van der Waals surface area contributed by atoms with Crippen LogP contribution in [0, 0.1) is 0 Å². The molecule has 106 valence electrons. The average Bonchev–Trinajstić information content (AvgIpc) is 3.02. The van der Waals surface area contributed by atoms with E-state index in [2.05, 4.69) is 16.0 Å². The van der Waals surface area contributed by atoms with Gasteiger partial charge in [0.1, 0.15) is 11.6 Å². The Morgan fingerprint density at radius 2 is 2.30 bits per heavy atom. The summed E-state index contributed by atoms with van der Waals surface area (Å²) in [7, 11) is 3.73. The van der Waals surface area contributed by atoms with Gasteiger partial charge in [0.2, 0.25) is 0 Å². The third kappa shape index (κ3) is 2.09. The van der Waals surface area contributed by atoms with Crippen LogP contribution < -0.4 is 10.5 Å². The van der Waals surface area contributed by atoms with E-state index in [0.29, 0.717) is 6.54 Å². The van der Waals surface area contributed by atoms with E-state index in [9.17, 15) is 0 Å². The molecule has 1 aliphatic rings. The van der Waals surface area contributed by atoms with Crippen molar-refractivity contribution in [2.45, 2.75) is 19.1 Å². The van der Waals surface area contributed by atoms with Gasteiger partial charge in [-0.15, -0.1) is 0 Å². The fraction of sp³-hybridized carbons (Fsp3) is 0.400. The highest BCUT2D eigenvalue weighted by Gasteiger charge is 2.31. The number of benzene rings is 1. The Hall–Kier alpha value is -1.85. The van der Waals surface area contributed by atoms with Crippen LogP contribution in [0.4, 0.5) is 0 Å². The van der Waals surface area contributed by atoms with Crippen LogP contribution >= 0.6 is 0 Å². The molecule has 1 aliphatic heterocycles. The number of imidazole rings is 1. The molecule has 5 heteroatoms. The topological polar surface area (TPSA) is 56.3 Å². The first-order valence-corrected chi connectivity index (χ1v) is 6.80. The zero-order valence-corrected chi connectivity index (χ0v) is 11.9. The van der Waals surface area contributed by atoms with Gasteiger partial charge in [0.25, 0.3) is 0 Å². The van der Waals surface area contributed by atoms with Crippen molar-refractivity contribution >= 4 is 0 Å². The zero-order chi connectivity index (χ0) is 14.1. The molecule has 1 atom stereocenters. The van der Waals surface area contributed by atoms with E-state index in [1.807, 2.05) is 36.1 Å². The lowest BCUT2D eigenvalue weighted by Gasteiger charge is -2.23. The maximum atomic E-state index is 5.99. The van der Waals surface area contributed by atoms with E-state index in [0.717, 1.165) is 24.7 Å². The molecule has 1 unspecified atom stereocenters. The smallest absolute Gasteiger partial charge is 0.123 e. The van der Waals surface area contributed by atoms with E-state index in [-0.39, 0.29) is 6.04 Å². The van der Waals surface area contributed by atoms with E-state index in [1.54, 1.807) is 7.11 Å².